The van der Waals surface area contributed by atoms with Gasteiger partial charge in [0.25, 0.3) is 0 Å². The van der Waals surface area contributed by atoms with E-state index in [4.69, 9.17) is 17.3 Å². The molecule has 6 heteroatoms. The fraction of sp³-hybridized carbons (Fsp3) is 0.231. The third kappa shape index (κ3) is 3.56. The van der Waals surface area contributed by atoms with E-state index >= 15 is 0 Å². The lowest BCUT2D eigenvalue weighted by molar-refractivity contribution is 0.823. The molecule has 100 valence electrons. The monoisotopic (exact) mass is 277 g/mol. The molecule has 5 nitrogen and oxygen atoms in total. The summed E-state index contributed by atoms with van der Waals surface area (Å²) in [5, 5.41) is 6.77. The second kappa shape index (κ2) is 6.36. The van der Waals surface area contributed by atoms with Gasteiger partial charge in [-0.1, -0.05) is 11.6 Å². The van der Waals surface area contributed by atoms with Gasteiger partial charge < -0.3 is 16.4 Å². The van der Waals surface area contributed by atoms with Gasteiger partial charge in [-0.05, 0) is 25.2 Å². The number of likely N-dealkylation sites (N-methyl/N-ethyl adjacent to an activating group) is 1. The number of pyridine rings is 2. The van der Waals surface area contributed by atoms with E-state index in [0.717, 1.165) is 30.0 Å². The number of nitrogen functional groups attached to an aromatic ring is 1. The van der Waals surface area contributed by atoms with E-state index in [0.29, 0.717) is 10.8 Å². The molecule has 2 aromatic rings. The molecule has 0 aromatic carbocycles. The molecule has 0 atom stereocenters. The highest BCUT2D eigenvalue weighted by atomic mass is 35.5. The van der Waals surface area contributed by atoms with Crippen molar-refractivity contribution in [1.29, 1.82) is 0 Å². The number of nitrogens with zero attached hydrogens (tertiary/aromatic N) is 2. The number of anilines is 2. The van der Waals surface area contributed by atoms with Crippen LogP contribution in [0, 0.1) is 0 Å². The zero-order valence-corrected chi connectivity index (χ0v) is 11.4. The van der Waals surface area contributed by atoms with Gasteiger partial charge in [0.05, 0.1) is 22.6 Å². The summed E-state index contributed by atoms with van der Waals surface area (Å²) in [5.74, 6) is 0.329. The summed E-state index contributed by atoms with van der Waals surface area (Å²) in [7, 11) is 1.92. The maximum atomic E-state index is 5.94. The van der Waals surface area contributed by atoms with Crippen molar-refractivity contribution < 1.29 is 0 Å². The van der Waals surface area contributed by atoms with Gasteiger partial charge in [-0.2, -0.15) is 0 Å². The Labute approximate surface area is 117 Å². The maximum absolute atomic E-state index is 5.94. The molecular formula is C13H16ClN5. The van der Waals surface area contributed by atoms with Crippen LogP contribution in [-0.2, 0) is 0 Å². The van der Waals surface area contributed by atoms with Crippen molar-refractivity contribution in [2.75, 3.05) is 31.2 Å². The summed E-state index contributed by atoms with van der Waals surface area (Å²) in [6.45, 7) is 1.76. The number of aromatic nitrogens is 2. The zero-order chi connectivity index (χ0) is 13.7. The quantitative estimate of drug-likeness (QED) is 0.729. The predicted octanol–water partition coefficient (Wildman–Crippen LogP) is 2.01. The Kier molecular flexibility index (Phi) is 4.54. The third-order valence-electron chi connectivity index (χ3n) is 2.63. The van der Waals surface area contributed by atoms with Crippen LogP contribution in [0.2, 0.25) is 5.02 Å². The number of hydrogen-bond donors (Lipinski definition) is 3. The summed E-state index contributed by atoms with van der Waals surface area (Å²) in [6.07, 6.45) is 3.45. The minimum atomic E-state index is 0.329. The van der Waals surface area contributed by atoms with Crippen molar-refractivity contribution in [1.82, 2.24) is 15.3 Å². The summed E-state index contributed by atoms with van der Waals surface area (Å²) < 4.78 is 0. The van der Waals surface area contributed by atoms with Crippen LogP contribution >= 0.6 is 11.6 Å². The Morgan fingerprint density at radius 1 is 1.21 bits per heavy atom. The first kappa shape index (κ1) is 13.6. The van der Waals surface area contributed by atoms with E-state index < -0.39 is 0 Å². The number of nitrogens with one attached hydrogen (secondary N) is 2. The van der Waals surface area contributed by atoms with Gasteiger partial charge in [0, 0.05) is 24.8 Å². The molecule has 0 saturated heterocycles. The molecule has 0 aliphatic carbocycles. The summed E-state index contributed by atoms with van der Waals surface area (Å²) in [5.41, 5.74) is 8.22. The van der Waals surface area contributed by atoms with Gasteiger partial charge in [-0.15, -0.1) is 0 Å². The number of rotatable bonds is 5. The van der Waals surface area contributed by atoms with Crippen molar-refractivity contribution in [3.8, 4) is 11.3 Å². The van der Waals surface area contributed by atoms with E-state index in [-0.39, 0.29) is 0 Å². The molecule has 0 saturated carbocycles. The van der Waals surface area contributed by atoms with E-state index in [9.17, 15) is 0 Å². The number of halogens is 1. The largest absolute Gasteiger partial charge is 0.383 e. The van der Waals surface area contributed by atoms with Gasteiger partial charge in [0.1, 0.15) is 5.82 Å². The molecule has 0 unspecified atom stereocenters. The van der Waals surface area contributed by atoms with Crippen molar-refractivity contribution in [2.45, 2.75) is 0 Å². The van der Waals surface area contributed by atoms with Gasteiger partial charge in [-0.3, -0.25) is 4.98 Å². The van der Waals surface area contributed by atoms with Gasteiger partial charge in [-0.25, -0.2) is 4.98 Å². The minimum Gasteiger partial charge on any atom is -0.383 e. The van der Waals surface area contributed by atoms with Gasteiger partial charge in [0.2, 0.25) is 0 Å². The maximum Gasteiger partial charge on any atom is 0.142 e. The highest BCUT2D eigenvalue weighted by Gasteiger charge is 2.04. The van der Waals surface area contributed by atoms with E-state index in [1.165, 1.54) is 0 Å². The minimum absolute atomic E-state index is 0.329. The SMILES string of the molecule is CNCCNc1ccc(-c2cnc(N)c(Cl)c2)nc1. The van der Waals surface area contributed by atoms with Crippen molar-refractivity contribution in [3.63, 3.8) is 0 Å². The fourth-order valence-corrected chi connectivity index (χ4v) is 1.76. The normalized spacial score (nSPS) is 10.4. The summed E-state index contributed by atoms with van der Waals surface area (Å²) in [4.78, 5) is 8.40. The van der Waals surface area contributed by atoms with E-state index in [1.807, 2.05) is 19.2 Å². The number of nitrogens with two attached hydrogens (primary N) is 1. The smallest absolute Gasteiger partial charge is 0.142 e. The molecule has 0 bridgehead atoms. The van der Waals surface area contributed by atoms with E-state index in [2.05, 4.69) is 20.6 Å². The molecule has 2 rings (SSSR count). The van der Waals surface area contributed by atoms with Crippen LogP contribution in [0.5, 0.6) is 0 Å². The predicted molar refractivity (Wildman–Crippen MR) is 79.3 cm³/mol. The van der Waals surface area contributed by atoms with Crippen molar-refractivity contribution in [2.24, 2.45) is 0 Å². The summed E-state index contributed by atoms with van der Waals surface area (Å²) >= 11 is 5.94. The van der Waals surface area contributed by atoms with Crippen LogP contribution in [0.3, 0.4) is 0 Å². The third-order valence-corrected chi connectivity index (χ3v) is 2.94. The average Bonchev–Trinajstić information content (AvgIpc) is 2.43. The molecule has 0 amide bonds. The first-order chi connectivity index (χ1) is 9.20. The van der Waals surface area contributed by atoms with E-state index in [1.54, 1.807) is 18.5 Å². The second-order valence-corrected chi connectivity index (χ2v) is 4.46. The molecular weight excluding hydrogens is 262 g/mol. The van der Waals surface area contributed by atoms with Crippen LogP contribution in [0.15, 0.2) is 30.6 Å². The molecule has 4 N–H and O–H groups in total. The highest BCUT2D eigenvalue weighted by Crippen LogP contribution is 2.24. The zero-order valence-electron chi connectivity index (χ0n) is 10.7. The Morgan fingerprint density at radius 3 is 2.68 bits per heavy atom. The Balaban J connectivity index is 2.11. The standard InChI is InChI=1S/C13H16ClN5/c1-16-4-5-17-10-2-3-12(18-8-10)9-6-11(14)13(15)19-7-9/h2-3,6-8,16-17H,4-5H2,1H3,(H2,15,19). The van der Waals surface area contributed by atoms with Crippen LogP contribution in [0.25, 0.3) is 11.3 Å². The molecule has 0 radical (unpaired) electrons. The summed E-state index contributed by atoms with van der Waals surface area (Å²) in [6, 6.07) is 5.66. The molecule has 2 aromatic heterocycles. The van der Waals surface area contributed by atoms with Crippen LogP contribution in [-0.4, -0.2) is 30.1 Å². The Morgan fingerprint density at radius 2 is 2.05 bits per heavy atom. The van der Waals surface area contributed by atoms with Gasteiger partial charge in [0.15, 0.2) is 0 Å². The first-order valence-electron chi connectivity index (χ1n) is 5.96. The Bertz CT molecular complexity index is 541. The molecule has 0 spiro atoms. The molecule has 0 aliphatic rings. The highest BCUT2D eigenvalue weighted by molar-refractivity contribution is 6.33. The average molecular weight is 278 g/mol. The fourth-order valence-electron chi connectivity index (χ4n) is 1.59. The van der Waals surface area contributed by atoms with Crippen molar-refractivity contribution >= 4 is 23.1 Å². The molecule has 0 aliphatic heterocycles. The number of hydrogen-bond acceptors (Lipinski definition) is 5. The molecule has 19 heavy (non-hydrogen) atoms. The topological polar surface area (TPSA) is 75.9 Å². The lowest BCUT2D eigenvalue weighted by Crippen LogP contribution is -2.17. The van der Waals surface area contributed by atoms with Crippen LogP contribution in [0.1, 0.15) is 0 Å². The van der Waals surface area contributed by atoms with Gasteiger partial charge >= 0.3 is 0 Å². The van der Waals surface area contributed by atoms with Crippen LogP contribution in [0.4, 0.5) is 11.5 Å². The van der Waals surface area contributed by atoms with Crippen molar-refractivity contribution in [3.05, 3.63) is 35.6 Å². The molecule has 2 heterocycles. The Hall–Kier alpha value is -1.85. The lowest BCUT2D eigenvalue weighted by atomic mass is 10.2. The lowest BCUT2D eigenvalue weighted by Gasteiger charge is -2.07. The van der Waals surface area contributed by atoms with Crippen LogP contribution < -0.4 is 16.4 Å². The second-order valence-electron chi connectivity index (χ2n) is 4.05. The first-order valence-corrected chi connectivity index (χ1v) is 6.34. The molecule has 0 fully saturated rings.